The lowest BCUT2D eigenvalue weighted by Gasteiger charge is -2.26. The predicted molar refractivity (Wildman–Crippen MR) is 64.4 cm³/mol. The van der Waals surface area contributed by atoms with E-state index < -0.39 is 11.7 Å². The molecule has 1 aromatic rings. The van der Waals surface area contributed by atoms with Crippen LogP contribution in [0.2, 0.25) is 0 Å². The van der Waals surface area contributed by atoms with Crippen LogP contribution in [-0.2, 0) is 11.6 Å². The summed E-state index contributed by atoms with van der Waals surface area (Å²) in [5.41, 5.74) is 0.0413. The molecule has 0 saturated carbocycles. The van der Waals surface area contributed by atoms with Gasteiger partial charge in [0.25, 0.3) is 0 Å². The molecule has 0 amide bonds. The maximum atomic E-state index is 12.4. The normalized spacial score (nSPS) is 14.8. The van der Waals surface area contributed by atoms with Gasteiger partial charge in [-0.15, -0.1) is 11.6 Å². The summed E-state index contributed by atoms with van der Waals surface area (Å²) in [5.74, 6) is 0. The van der Waals surface area contributed by atoms with Crippen molar-refractivity contribution >= 4 is 11.6 Å². The van der Waals surface area contributed by atoms with Gasteiger partial charge in [0.2, 0.25) is 0 Å². The Kier molecular flexibility index (Phi) is 4.13. The largest absolute Gasteiger partial charge is 0.416 e. The lowest BCUT2D eigenvalue weighted by atomic mass is 9.80. The molecule has 0 heterocycles. The van der Waals surface area contributed by atoms with Crippen molar-refractivity contribution in [3.8, 4) is 0 Å². The molecule has 17 heavy (non-hydrogen) atoms. The van der Waals surface area contributed by atoms with Gasteiger partial charge >= 0.3 is 6.18 Å². The van der Waals surface area contributed by atoms with Crippen LogP contribution in [0, 0.1) is 0 Å². The quantitative estimate of drug-likeness (QED) is 0.674. The van der Waals surface area contributed by atoms with E-state index in [-0.39, 0.29) is 10.8 Å². The van der Waals surface area contributed by atoms with Gasteiger partial charge in [-0.1, -0.05) is 26.0 Å². The molecule has 0 aliphatic heterocycles. The first-order chi connectivity index (χ1) is 7.63. The highest BCUT2D eigenvalue weighted by Crippen LogP contribution is 2.33. The van der Waals surface area contributed by atoms with E-state index in [2.05, 4.69) is 0 Å². The molecule has 4 heteroatoms. The molecular weight excluding hydrogens is 249 g/mol. The molecule has 0 nitrogen and oxygen atoms in total. The maximum absolute atomic E-state index is 12.4. The topological polar surface area (TPSA) is 0 Å². The maximum Gasteiger partial charge on any atom is 0.416 e. The van der Waals surface area contributed by atoms with E-state index in [0.717, 1.165) is 24.1 Å². The van der Waals surface area contributed by atoms with Crippen LogP contribution < -0.4 is 0 Å². The van der Waals surface area contributed by atoms with Crippen LogP contribution in [0.4, 0.5) is 13.2 Å². The van der Waals surface area contributed by atoms with Crippen molar-refractivity contribution in [1.29, 1.82) is 0 Å². The molecule has 0 aliphatic carbocycles. The molecule has 1 rings (SSSR count). The first-order valence-electron chi connectivity index (χ1n) is 5.45. The Bertz CT molecular complexity index is 363. The number of benzene rings is 1. The SMILES string of the molecule is CC(Cl)CC(C)(C)c1ccc(C(F)(F)F)cc1. The fraction of sp³-hybridized carbons (Fsp3) is 0.538. The van der Waals surface area contributed by atoms with Crippen LogP contribution in [0.25, 0.3) is 0 Å². The third kappa shape index (κ3) is 3.91. The first-order valence-corrected chi connectivity index (χ1v) is 5.88. The highest BCUT2D eigenvalue weighted by molar-refractivity contribution is 6.20. The van der Waals surface area contributed by atoms with Crippen LogP contribution >= 0.6 is 11.6 Å². The van der Waals surface area contributed by atoms with E-state index in [1.807, 2.05) is 20.8 Å². The van der Waals surface area contributed by atoms with Gasteiger partial charge in [-0.3, -0.25) is 0 Å². The number of hydrogen-bond acceptors (Lipinski definition) is 0. The number of rotatable bonds is 3. The van der Waals surface area contributed by atoms with Gasteiger partial charge in [-0.05, 0) is 36.5 Å². The Morgan fingerprint density at radius 2 is 1.47 bits per heavy atom. The van der Waals surface area contributed by atoms with Crippen molar-refractivity contribution in [2.45, 2.75) is 44.2 Å². The average Bonchev–Trinajstić information content (AvgIpc) is 2.14. The van der Waals surface area contributed by atoms with Crippen molar-refractivity contribution in [3.63, 3.8) is 0 Å². The minimum absolute atomic E-state index is 0.00714. The summed E-state index contributed by atoms with van der Waals surface area (Å²) in [5, 5.41) is -0.00714. The van der Waals surface area contributed by atoms with E-state index in [0.29, 0.717) is 0 Å². The van der Waals surface area contributed by atoms with Gasteiger partial charge in [0.05, 0.1) is 5.56 Å². The number of halogens is 4. The van der Waals surface area contributed by atoms with Gasteiger partial charge in [-0.2, -0.15) is 13.2 Å². The van der Waals surface area contributed by atoms with Crippen molar-refractivity contribution in [3.05, 3.63) is 35.4 Å². The number of alkyl halides is 4. The molecular formula is C13H16ClF3. The average molecular weight is 265 g/mol. The Labute approximate surface area is 105 Å². The molecule has 1 aromatic carbocycles. The van der Waals surface area contributed by atoms with Crippen molar-refractivity contribution in [1.82, 2.24) is 0 Å². The van der Waals surface area contributed by atoms with E-state index in [1.54, 1.807) is 0 Å². The van der Waals surface area contributed by atoms with Crippen LogP contribution in [0.15, 0.2) is 24.3 Å². The summed E-state index contributed by atoms with van der Waals surface area (Å²) in [4.78, 5) is 0. The molecule has 0 spiro atoms. The minimum Gasteiger partial charge on any atom is -0.166 e. The molecule has 0 radical (unpaired) electrons. The predicted octanol–water partition coefficient (Wildman–Crippen LogP) is 5.00. The summed E-state index contributed by atoms with van der Waals surface area (Å²) < 4.78 is 37.2. The molecule has 0 aromatic heterocycles. The lowest BCUT2D eigenvalue weighted by Crippen LogP contribution is -2.21. The number of hydrogen-bond donors (Lipinski definition) is 0. The molecule has 0 bridgehead atoms. The molecule has 0 saturated heterocycles. The Balaban J connectivity index is 2.94. The Morgan fingerprint density at radius 1 is 1.06 bits per heavy atom. The zero-order chi connectivity index (χ0) is 13.3. The highest BCUT2D eigenvalue weighted by Gasteiger charge is 2.31. The second kappa shape index (κ2) is 4.89. The van der Waals surface area contributed by atoms with E-state index >= 15 is 0 Å². The molecule has 96 valence electrons. The van der Waals surface area contributed by atoms with Crippen molar-refractivity contribution in [2.24, 2.45) is 0 Å². The van der Waals surface area contributed by atoms with Gasteiger partial charge in [-0.25, -0.2) is 0 Å². The van der Waals surface area contributed by atoms with Gasteiger partial charge in [0.15, 0.2) is 0 Å². The fourth-order valence-electron chi connectivity index (χ4n) is 1.93. The molecule has 0 aliphatic rings. The Hall–Kier alpha value is -0.700. The third-order valence-corrected chi connectivity index (χ3v) is 2.94. The molecule has 0 N–H and O–H groups in total. The van der Waals surface area contributed by atoms with Gasteiger partial charge in [0.1, 0.15) is 0 Å². The van der Waals surface area contributed by atoms with Gasteiger partial charge in [0, 0.05) is 5.38 Å². The Morgan fingerprint density at radius 3 is 1.82 bits per heavy atom. The molecule has 0 fully saturated rings. The van der Waals surface area contributed by atoms with E-state index in [4.69, 9.17) is 11.6 Å². The lowest BCUT2D eigenvalue weighted by molar-refractivity contribution is -0.137. The zero-order valence-corrected chi connectivity index (χ0v) is 10.9. The van der Waals surface area contributed by atoms with Crippen molar-refractivity contribution < 1.29 is 13.2 Å². The monoisotopic (exact) mass is 264 g/mol. The van der Waals surface area contributed by atoms with Crippen molar-refractivity contribution in [2.75, 3.05) is 0 Å². The summed E-state index contributed by atoms with van der Waals surface area (Å²) in [6, 6.07) is 5.30. The van der Waals surface area contributed by atoms with Crippen LogP contribution in [0.5, 0.6) is 0 Å². The van der Waals surface area contributed by atoms with E-state index in [1.165, 1.54) is 12.1 Å². The fourth-order valence-corrected chi connectivity index (χ4v) is 2.32. The smallest absolute Gasteiger partial charge is 0.166 e. The summed E-state index contributed by atoms with van der Waals surface area (Å²) >= 11 is 5.94. The third-order valence-electron chi connectivity index (χ3n) is 2.79. The molecule has 1 atom stereocenters. The van der Waals surface area contributed by atoms with Crippen LogP contribution in [0.1, 0.15) is 38.3 Å². The second-order valence-electron chi connectivity index (χ2n) is 4.94. The summed E-state index contributed by atoms with van der Waals surface area (Å²) in [6.45, 7) is 5.84. The molecule has 1 unspecified atom stereocenters. The van der Waals surface area contributed by atoms with E-state index in [9.17, 15) is 13.2 Å². The van der Waals surface area contributed by atoms with Crippen LogP contribution in [0.3, 0.4) is 0 Å². The van der Waals surface area contributed by atoms with Gasteiger partial charge < -0.3 is 0 Å². The first kappa shape index (κ1) is 14.4. The second-order valence-corrected chi connectivity index (χ2v) is 5.69. The summed E-state index contributed by atoms with van der Waals surface area (Å²) in [6.07, 6.45) is -3.55. The van der Waals surface area contributed by atoms with Crippen LogP contribution in [-0.4, -0.2) is 5.38 Å². The standard InChI is InChI=1S/C13H16ClF3/c1-9(14)8-12(2,3)10-4-6-11(7-5-10)13(15,16)17/h4-7,9H,8H2,1-3H3. The minimum atomic E-state index is -4.28. The highest BCUT2D eigenvalue weighted by atomic mass is 35.5. The zero-order valence-electron chi connectivity index (χ0n) is 10.1. The summed E-state index contributed by atoms with van der Waals surface area (Å²) in [7, 11) is 0.